The lowest BCUT2D eigenvalue weighted by atomic mass is 10.1. The van der Waals surface area contributed by atoms with Crippen molar-refractivity contribution >= 4 is 5.84 Å². The van der Waals surface area contributed by atoms with Gasteiger partial charge in [-0.1, -0.05) is 11.2 Å². The molecule has 0 amide bonds. The van der Waals surface area contributed by atoms with Gasteiger partial charge >= 0.3 is 0 Å². The van der Waals surface area contributed by atoms with E-state index in [1.54, 1.807) is 13.2 Å². The zero-order valence-corrected chi connectivity index (χ0v) is 13.1. The van der Waals surface area contributed by atoms with Crippen molar-refractivity contribution in [3.63, 3.8) is 0 Å². The van der Waals surface area contributed by atoms with Crippen molar-refractivity contribution in [2.24, 2.45) is 10.9 Å². The second-order valence-corrected chi connectivity index (χ2v) is 5.32. The fourth-order valence-electron chi connectivity index (χ4n) is 2.06. The van der Waals surface area contributed by atoms with Crippen molar-refractivity contribution < 1.29 is 14.7 Å². The Bertz CT molecular complexity index is 487. The van der Waals surface area contributed by atoms with Gasteiger partial charge in [0.05, 0.1) is 18.3 Å². The number of ether oxygens (including phenoxy) is 2. The van der Waals surface area contributed by atoms with Gasteiger partial charge in [-0.2, -0.15) is 0 Å². The second-order valence-electron chi connectivity index (χ2n) is 5.32. The number of nitrogens with zero attached hydrogens (tertiary/aromatic N) is 1. The number of oxime groups is 1. The summed E-state index contributed by atoms with van der Waals surface area (Å²) in [7, 11) is 1.55. The van der Waals surface area contributed by atoms with Crippen molar-refractivity contribution in [1.29, 1.82) is 0 Å². The molecule has 6 nitrogen and oxygen atoms in total. The van der Waals surface area contributed by atoms with E-state index in [1.165, 1.54) is 0 Å². The highest BCUT2D eigenvalue weighted by Gasteiger charge is 2.16. The van der Waals surface area contributed by atoms with E-state index in [-0.39, 0.29) is 11.4 Å². The van der Waals surface area contributed by atoms with E-state index in [2.05, 4.69) is 10.5 Å². The van der Waals surface area contributed by atoms with Gasteiger partial charge in [0.2, 0.25) is 0 Å². The molecule has 0 radical (unpaired) electrons. The Morgan fingerprint density at radius 1 is 1.43 bits per heavy atom. The van der Waals surface area contributed by atoms with Crippen LogP contribution in [0.15, 0.2) is 23.4 Å². The lowest BCUT2D eigenvalue weighted by Gasteiger charge is -2.25. The van der Waals surface area contributed by atoms with Gasteiger partial charge < -0.3 is 25.7 Å². The number of nitrogens with one attached hydrogen (secondary N) is 1. The molecule has 1 aromatic carbocycles. The molecule has 0 aromatic heterocycles. The van der Waals surface area contributed by atoms with Crippen LogP contribution in [0.5, 0.6) is 5.75 Å². The third kappa shape index (κ3) is 5.24. The molecule has 0 atom stereocenters. The lowest BCUT2D eigenvalue weighted by Crippen LogP contribution is -2.37. The van der Waals surface area contributed by atoms with Crippen LogP contribution in [0, 0.1) is 0 Å². The molecule has 0 heterocycles. The molecule has 0 saturated carbocycles. The molecule has 0 bridgehead atoms. The van der Waals surface area contributed by atoms with Crippen LogP contribution >= 0.6 is 0 Å². The van der Waals surface area contributed by atoms with Gasteiger partial charge in [0.25, 0.3) is 0 Å². The SMILES string of the molecule is CCOC(C)(C)CNCc1ccc(/C(N)=N/O)c(OC)c1. The third-order valence-corrected chi connectivity index (χ3v) is 3.06. The number of amidine groups is 1. The molecule has 0 aliphatic carbocycles. The predicted octanol–water partition coefficient (Wildman–Crippen LogP) is 1.69. The largest absolute Gasteiger partial charge is 0.496 e. The smallest absolute Gasteiger partial charge is 0.173 e. The first-order chi connectivity index (χ1) is 9.93. The van der Waals surface area contributed by atoms with Crippen molar-refractivity contribution in [3.05, 3.63) is 29.3 Å². The minimum atomic E-state index is -0.202. The highest BCUT2D eigenvalue weighted by molar-refractivity contribution is 5.99. The Kier molecular flexibility index (Phi) is 6.45. The van der Waals surface area contributed by atoms with Crippen LogP contribution in [0.4, 0.5) is 0 Å². The van der Waals surface area contributed by atoms with Gasteiger partial charge in [-0.25, -0.2) is 0 Å². The summed E-state index contributed by atoms with van der Waals surface area (Å²) in [6.07, 6.45) is 0. The standard InChI is InChI=1S/C15H25N3O3/c1-5-21-15(2,3)10-17-9-11-6-7-12(14(16)18-19)13(8-11)20-4/h6-8,17,19H,5,9-10H2,1-4H3,(H2,16,18). The Hall–Kier alpha value is -1.79. The molecule has 0 aliphatic heterocycles. The van der Waals surface area contributed by atoms with E-state index in [4.69, 9.17) is 20.4 Å². The molecule has 6 heteroatoms. The van der Waals surface area contributed by atoms with Gasteiger partial charge in [0.15, 0.2) is 5.84 Å². The fraction of sp³-hybridized carbons (Fsp3) is 0.533. The molecule has 0 saturated heterocycles. The maximum Gasteiger partial charge on any atom is 0.173 e. The average molecular weight is 295 g/mol. The second kappa shape index (κ2) is 7.85. The monoisotopic (exact) mass is 295 g/mol. The third-order valence-electron chi connectivity index (χ3n) is 3.06. The van der Waals surface area contributed by atoms with E-state index in [0.717, 1.165) is 12.1 Å². The molecule has 1 aromatic rings. The van der Waals surface area contributed by atoms with Crippen molar-refractivity contribution in [1.82, 2.24) is 5.32 Å². The Morgan fingerprint density at radius 3 is 2.71 bits per heavy atom. The van der Waals surface area contributed by atoms with Crippen molar-refractivity contribution in [2.75, 3.05) is 20.3 Å². The Labute approximate surface area is 125 Å². The number of methoxy groups -OCH3 is 1. The van der Waals surface area contributed by atoms with Gasteiger partial charge in [-0.05, 0) is 38.5 Å². The number of nitrogens with two attached hydrogens (primary N) is 1. The number of hydrogen-bond donors (Lipinski definition) is 3. The van der Waals surface area contributed by atoms with Crippen LogP contribution in [0.2, 0.25) is 0 Å². The minimum Gasteiger partial charge on any atom is -0.496 e. The summed E-state index contributed by atoms with van der Waals surface area (Å²) in [5.41, 5.74) is 7.02. The van der Waals surface area contributed by atoms with Crippen LogP contribution in [0.3, 0.4) is 0 Å². The maximum atomic E-state index is 8.74. The normalized spacial score (nSPS) is 12.5. The molecular formula is C15H25N3O3. The van der Waals surface area contributed by atoms with E-state index in [0.29, 0.717) is 24.5 Å². The molecule has 4 N–H and O–H groups in total. The summed E-state index contributed by atoms with van der Waals surface area (Å²) >= 11 is 0. The average Bonchev–Trinajstić information content (AvgIpc) is 2.46. The van der Waals surface area contributed by atoms with E-state index >= 15 is 0 Å². The lowest BCUT2D eigenvalue weighted by molar-refractivity contribution is -0.00897. The summed E-state index contributed by atoms with van der Waals surface area (Å²) in [6.45, 7) is 8.20. The van der Waals surface area contributed by atoms with Crippen molar-refractivity contribution in [3.8, 4) is 5.75 Å². The fourth-order valence-corrected chi connectivity index (χ4v) is 2.06. The van der Waals surface area contributed by atoms with E-state index in [9.17, 15) is 0 Å². The molecule has 0 fully saturated rings. The summed E-state index contributed by atoms with van der Waals surface area (Å²) < 4.78 is 10.9. The van der Waals surface area contributed by atoms with Gasteiger partial charge in [-0.3, -0.25) is 0 Å². The minimum absolute atomic E-state index is 0.0313. The summed E-state index contributed by atoms with van der Waals surface area (Å²) in [5, 5.41) is 15.1. The summed E-state index contributed by atoms with van der Waals surface area (Å²) in [6, 6.07) is 5.56. The van der Waals surface area contributed by atoms with Crippen LogP contribution in [0.1, 0.15) is 31.9 Å². The molecule has 0 unspecified atom stereocenters. The van der Waals surface area contributed by atoms with Crippen LogP contribution in [-0.2, 0) is 11.3 Å². The highest BCUT2D eigenvalue weighted by Crippen LogP contribution is 2.20. The zero-order valence-electron chi connectivity index (χ0n) is 13.1. The van der Waals surface area contributed by atoms with Crippen LogP contribution in [-0.4, -0.2) is 36.9 Å². The molecule has 0 aliphatic rings. The molecule has 0 spiro atoms. The highest BCUT2D eigenvalue weighted by atomic mass is 16.5. The zero-order chi connectivity index (χ0) is 15.9. The van der Waals surface area contributed by atoms with Gasteiger partial charge in [0.1, 0.15) is 5.75 Å². The van der Waals surface area contributed by atoms with Crippen LogP contribution < -0.4 is 15.8 Å². The molecular weight excluding hydrogens is 270 g/mol. The first-order valence-electron chi connectivity index (χ1n) is 6.93. The Morgan fingerprint density at radius 2 is 2.14 bits per heavy atom. The predicted molar refractivity (Wildman–Crippen MR) is 82.9 cm³/mol. The van der Waals surface area contributed by atoms with Crippen molar-refractivity contribution in [2.45, 2.75) is 32.9 Å². The Balaban J connectivity index is 2.69. The summed E-state index contributed by atoms with van der Waals surface area (Å²) in [4.78, 5) is 0. The quantitative estimate of drug-likeness (QED) is 0.294. The van der Waals surface area contributed by atoms with Gasteiger partial charge in [-0.15, -0.1) is 0 Å². The maximum absolute atomic E-state index is 8.74. The van der Waals surface area contributed by atoms with Gasteiger partial charge in [0, 0.05) is 19.7 Å². The topological polar surface area (TPSA) is 89.1 Å². The molecule has 1 rings (SSSR count). The molecule has 21 heavy (non-hydrogen) atoms. The first kappa shape index (κ1) is 17.3. The van der Waals surface area contributed by atoms with E-state index in [1.807, 2.05) is 32.9 Å². The number of rotatable bonds is 8. The first-order valence-corrected chi connectivity index (χ1v) is 6.93. The van der Waals surface area contributed by atoms with E-state index < -0.39 is 0 Å². The number of hydrogen-bond acceptors (Lipinski definition) is 5. The molecule has 118 valence electrons. The van der Waals surface area contributed by atoms with Crippen LogP contribution in [0.25, 0.3) is 0 Å². The summed E-state index contributed by atoms with van der Waals surface area (Å²) in [5.74, 6) is 0.609. The number of benzene rings is 1.